The topological polar surface area (TPSA) is 70.2 Å². The van der Waals surface area contributed by atoms with E-state index in [-0.39, 0.29) is 60.1 Å². The first-order valence-electron chi connectivity index (χ1n) is 8.45. The molecule has 0 radical (unpaired) electrons. The molecule has 6 heteroatoms. The van der Waals surface area contributed by atoms with Gasteiger partial charge in [0.2, 0.25) is 17.7 Å². The van der Waals surface area contributed by atoms with Gasteiger partial charge in [0.1, 0.15) is 6.54 Å². The Morgan fingerprint density at radius 2 is 1.59 bits per heavy atom. The molecule has 5 rings (SSSR count). The molecule has 0 aromatic carbocycles. The Morgan fingerprint density at radius 3 is 2.18 bits per heavy atom. The van der Waals surface area contributed by atoms with Crippen molar-refractivity contribution in [2.24, 2.45) is 23.7 Å². The third kappa shape index (κ3) is 1.56. The third-order valence-corrected chi connectivity index (χ3v) is 6.36. The number of ether oxygens (including phenoxy) is 1. The molecule has 6 atom stereocenters. The van der Waals surface area contributed by atoms with E-state index in [4.69, 9.17) is 4.74 Å². The summed E-state index contributed by atoms with van der Waals surface area (Å²) in [6.45, 7) is 1.45. The number of rotatable bonds is 2. The Hall–Kier alpha value is -1.43. The number of epoxide rings is 1. The van der Waals surface area contributed by atoms with Crippen molar-refractivity contribution in [3.8, 4) is 0 Å². The zero-order chi connectivity index (χ0) is 15.0. The lowest BCUT2D eigenvalue weighted by Gasteiger charge is -2.28. The zero-order valence-electron chi connectivity index (χ0n) is 12.4. The number of carbonyl (C=O) groups excluding carboxylic acids is 3. The van der Waals surface area contributed by atoms with Crippen LogP contribution < -0.4 is 0 Å². The van der Waals surface area contributed by atoms with Crippen LogP contribution in [-0.2, 0) is 19.1 Å². The highest BCUT2D eigenvalue weighted by molar-refractivity contribution is 6.08. The molecule has 0 unspecified atom stereocenters. The van der Waals surface area contributed by atoms with Gasteiger partial charge in [0.25, 0.3) is 0 Å². The van der Waals surface area contributed by atoms with Crippen molar-refractivity contribution in [1.29, 1.82) is 0 Å². The van der Waals surface area contributed by atoms with Crippen LogP contribution in [0, 0.1) is 23.7 Å². The lowest BCUT2D eigenvalue weighted by atomic mass is 9.81. The van der Waals surface area contributed by atoms with Gasteiger partial charge in [-0.05, 0) is 25.7 Å². The summed E-state index contributed by atoms with van der Waals surface area (Å²) in [7, 11) is 0. The van der Waals surface area contributed by atoms with Gasteiger partial charge in [-0.25, -0.2) is 0 Å². The molecule has 0 aromatic heterocycles. The van der Waals surface area contributed by atoms with E-state index in [0.717, 1.165) is 38.8 Å². The summed E-state index contributed by atoms with van der Waals surface area (Å²) in [6, 6.07) is 0. The third-order valence-electron chi connectivity index (χ3n) is 6.36. The fraction of sp³-hybridized carbons (Fsp3) is 0.812. The highest BCUT2D eigenvalue weighted by Crippen LogP contribution is 2.63. The lowest BCUT2D eigenvalue weighted by Crippen LogP contribution is -2.45. The number of likely N-dealkylation sites (tertiary alicyclic amines) is 2. The van der Waals surface area contributed by atoms with Gasteiger partial charge in [-0.15, -0.1) is 0 Å². The van der Waals surface area contributed by atoms with Crippen LogP contribution in [0.25, 0.3) is 0 Å². The van der Waals surface area contributed by atoms with Crippen molar-refractivity contribution in [2.45, 2.75) is 37.9 Å². The number of nitrogens with zero attached hydrogens (tertiary/aromatic N) is 2. The van der Waals surface area contributed by atoms with Crippen molar-refractivity contribution in [3.05, 3.63) is 0 Å². The van der Waals surface area contributed by atoms with E-state index in [1.165, 1.54) is 4.90 Å². The molecule has 0 aromatic rings. The fourth-order valence-electron chi connectivity index (χ4n) is 5.32. The van der Waals surface area contributed by atoms with E-state index in [2.05, 4.69) is 0 Å². The van der Waals surface area contributed by atoms with Crippen LogP contribution in [0.5, 0.6) is 0 Å². The smallest absolute Gasteiger partial charge is 0.242 e. The second kappa shape index (κ2) is 4.31. The Kier molecular flexibility index (Phi) is 2.56. The normalized spacial score (nSPS) is 45.3. The lowest BCUT2D eigenvalue weighted by molar-refractivity contribution is -0.147. The summed E-state index contributed by atoms with van der Waals surface area (Å²) >= 11 is 0. The maximum atomic E-state index is 12.6. The molecule has 22 heavy (non-hydrogen) atoms. The van der Waals surface area contributed by atoms with E-state index in [1.807, 2.05) is 0 Å². The van der Waals surface area contributed by atoms with Crippen molar-refractivity contribution in [1.82, 2.24) is 9.80 Å². The Bertz CT molecular complexity index is 538. The SMILES string of the molecule is O=C(CN1C(=O)[C@@H]2[C@H]3C[C@@H]([C@@H]4O[C@@H]34)[C@H]2C1=O)N1CCCCC1. The highest BCUT2D eigenvalue weighted by atomic mass is 16.6. The maximum absolute atomic E-state index is 12.6. The quantitative estimate of drug-likeness (QED) is 0.532. The largest absolute Gasteiger partial charge is 0.369 e. The van der Waals surface area contributed by atoms with Crippen LogP contribution in [-0.4, -0.2) is 59.4 Å². The van der Waals surface area contributed by atoms with Crippen molar-refractivity contribution in [3.63, 3.8) is 0 Å². The summed E-state index contributed by atoms with van der Waals surface area (Å²) in [6.07, 6.45) is 4.56. The molecule has 5 aliphatic rings. The second-order valence-electron chi connectivity index (χ2n) is 7.38. The predicted octanol–water partition coefficient (Wildman–Crippen LogP) is 0.0172. The average molecular weight is 304 g/mol. The predicted molar refractivity (Wildman–Crippen MR) is 74.4 cm³/mol. The summed E-state index contributed by atoms with van der Waals surface area (Å²) in [5.41, 5.74) is 0. The molecule has 3 aliphatic heterocycles. The molecular formula is C16H20N2O4. The summed E-state index contributed by atoms with van der Waals surface area (Å²) in [5.74, 6) is -0.317. The van der Waals surface area contributed by atoms with Crippen LogP contribution >= 0.6 is 0 Å². The van der Waals surface area contributed by atoms with Crippen LogP contribution in [0.1, 0.15) is 25.7 Å². The van der Waals surface area contributed by atoms with Gasteiger partial charge in [0.15, 0.2) is 0 Å². The van der Waals surface area contributed by atoms with E-state index in [0.29, 0.717) is 0 Å². The van der Waals surface area contributed by atoms with E-state index in [1.54, 1.807) is 4.90 Å². The maximum Gasteiger partial charge on any atom is 0.242 e. The molecule has 3 heterocycles. The van der Waals surface area contributed by atoms with Crippen LogP contribution in [0.2, 0.25) is 0 Å². The number of hydrogen-bond acceptors (Lipinski definition) is 4. The Balaban J connectivity index is 1.33. The van der Waals surface area contributed by atoms with Crippen molar-refractivity contribution < 1.29 is 19.1 Å². The Morgan fingerprint density at radius 1 is 1.00 bits per heavy atom. The number of imide groups is 1. The number of carbonyl (C=O) groups is 3. The Labute approximate surface area is 128 Å². The minimum atomic E-state index is -0.213. The molecule has 5 fully saturated rings. The molecule has 2 saturated carbocycles. The molecule has 0 N–H and O–H groups in total. The van der Waals surface area contributed by atoms with Crippen LogP contribution in [0.15, 0.2) is 0 Å². The number of hydrogen-bond donors (Lipinski definition) is 0. The fourth-order valence-corrected chi connectivity index (χ4v) is 5.32. The van der Waals surface area contributed by atoms with Crippen LogP contribution in [0.4, 0.5) is 0 Å². The number of amides is 3. The van der Waals surface area contributed by atoms with E-state index < -0.39 is 0 Å². The van der Waals surface area contributed by atoms with E-state index >= 15 is 0 Å². The second-order valence-corrected chi connectivity index (χ2v) is 7.38. The molecular weight excluding hydrogens is 284 g/mol. The summed E-state index contributed by atoms with van der Waals surface area (Å²) in [4.78, 5) is 40.7. The van der Waals surface area contributed by atoms with Gasteiger partial charge in [-0.1, -0.05) is 0 Å². The van der Waals surface area contributed by atoms with Gasteiger partial charge in [0.05, 0.1) is 24.0 Å². The first-order chi connectivity index (χ1) is 10.7. The average Bonchev–Trinajstić information content (AvgIpc) is 3.08. The molecule has 118 valence electrons. The van der Waals surface area contributed by atoms with E-state index in [9.17, 15) is 14.4 Å². The van der Waals surface area contributed by atoms with Gasteiger partial charge in [0, 0.05) is 24.9 Å². The zero-order valence-corrected chi connectivity index (χ0v) is 12.4. The number of fused-ring (bicyclic) bond motifs is 8. The van der Waals surface area contributed by atoms with Crippen molar-refractivity contribution in [2.75, 3.05) is 19.6 Å². The molecule has 2 aliphatic carbocycles. The van der Waals surface area contributed by atoms with Gasteiger partial charge < -0.3 is 9.64 Å². The van der Waals surface area contributed by atoms with Gasteiger partial charge >= 0.3 is 0 Å². The summed E-state index contributed by atoms with van der Waals surface area (Å²) < 4.78 is 5.59. The van der Waals surface area contributed by atoms with Gasteiger partial charge in [-0.3, -0.25) is 19.3 Å². The molecule has 0 spiro atoms. The highest BCUT2D eigenvalue weighted by Gasteiger charge is 2.73. The van der Waals surface area contributed by atoms with Gasteiger partial charge in [-0.2, -0.15) is 0 Å². The van der Waals surface area contributed by atoms with Crippen LogP contribution in [0.3, 0.4) is 0 Å². The molecule has 2 bridgehead atoms. The molecule has 6 nitrogen and oxygen atoms in total. The molecule has 3 amide bonds. The number of piperidine rings is 1. The molecule has 3 saturated heterocycles. The minimum absolute atomic E-state index is 0.0553. The first-order valence-corrected chi connectivity index (χ1v) is 8.45. The first kappa shape index (κ1) is 13.0. The monoisotopic (exact) mass is 304 g/mol. The standard InChI is InChI=1S/C16H20N2O4/c19-10(17-4-2-1-3-5-17)7-18-15(20)11-8-6-9(12(11)16(18)21)14-13(8)22-14/h8-9,11-14H,1-7H2/t8-,9-,11-,12-,13+,14+/m1/s1. The minimum Gasteiger partial charge on any atom is -0.369 e. The van der Waals surface area contributed by atoms with Crippen molar-refractivity contribution >= 4 is 17.7 Å². The summed E-state index contributed by atoms with van der Waals surface area (Å²) in [5, 5.41) is 0.